The van der Waals surface area contributed by atoms with Crippen LogP contribution in [0, 0.1) is 0 Å². The number of hydrogen-bond donors (Lipinski definition) is 2. The number of hydrogen-bond acceptors (Lipinski definition) is 6. The molecular weight excluding hydrogens is 320 g/mol. The maximum absolute atomic E-state index is 11.8. The van der Waals surface area contributed by atoms with Crippen LogP contribution in [0.4, 0.5) is 0 Å². The molecule has 0 saturated carbocycles. The van der Waals surface area contributed by atoms with Gasteiger partial charge in [-0.1, -0.05) is 37.8 Å². The zero-order valence-corrected chi connectivity index (χ0v) is 13.4. The Morgan fingerprint density at radius 3 is 2.70 bits per heavy atom. The van der Waals surface area contributed by atoms with Gasteiger partial charge in [0.15, 0.2) is 0 Å². The fraction of sp³-hybridized carbons (Fsp3) is 0.455. The average Bonchev–Trinajstić information content (AvgIpc) is 2.71. The second kappa shape index (κ2) is 7.65. The number of carbonyl (C=O) groups is 3. The van der Waals surface area contributed by atoms with Gasteiger partial charge in [0.25, 0.3) is 5.91 Å². The highest BCUT2D eigenvalue weighted by Gasteiger charge is 2.30. The summed E-state index contributed by atoms with van der Waals surface area (Å²) in [6.45, 7) is 3.41. The van der Waals surface area contributed by atoms with Crippen LogP contribution in [0.3, 0.4) is 0 Å². The van der Waals surface area contributed by atoms with Crippen LogP contribution in [-0.2, 0) is 14.4 Å². The standard InChI is InChI=1S/C11H14N2O4S3/c1-3-6(2)19-10(13(5-14)4-7(15)16)8-9(17)12-11(18)20-8/h5-6H,3-4H2,1-2H3,(H,15,16)(H,12,17,18)/b10-8+. The van der Waals surface area contributed by atoms with Crippen LogP contribution in [0.25, 0.3) is 0 Å². The van der Waals surface area contributed by atoms with E-state index in [1.807, 2.05) is 13.8 Å². The van der Waals surface area contributed by atoms with Gasteiger partial charge in [-0.05, 0) is 6.42 Å². The summed E-state index contributed by atoms with van der Waals surface area (Å²) in [6.07, 6.45) is 1.24. The Bertz CT molecular complexity index is 478. The number of amides is 2. The van der Waals surface area contributed by atoms with Gasteiger partial charge in [-0.15, -0.1) is 11.8 Å². The van der Waals surface area contributed by atoms with Crippen LogP contribution in [0.5, 0.6) is 0 Å². The summed E-state index contributed by atoms with van der Waals surface area (Å²) in [4.78, 5) is 35.1. The number of thioether (sulfide) groups is 2. The molecule has 6 nitrogen and oxygen atoms in total. The number of thiocarbonyl (C=S) groups is 1. The van der Waals surface area contributed by atoms with Crippen LogP contribution >= 0.6 is 35.7 Å². The van der Waals surface area contributed by atoms with Gasteiger partial charge < -0.3 is 10.4 Å². The summed E-state index contributed by atoms with van der Waals surface area (Å²) in [5, 5.41) is 11.8. The Morgan fingerprint density at radius 2 is 2.30 bits per heavy atom. The molecule has 2 N–H and O–H groups in total. The Labute approximate surface area is 130 Å². The number of rotatable bonds is 7. The van der Waals surface area contributed by atoms with E-state index in [2.05, 4.69) is 5.32 Å². The lowest BCUT2D eigenvalue weighted by molar-refractivity contribution is -0.139. The molecule has 20 heavy (non-hydrogen) atoms. The first-order valence-electron chi connectivity index (χ1n) is 5.76. The Hall–Kier alpha value is -1.06. The summed E-state index contributed by atoms with van der Waals surface area (Å²) >= 11 is 7.24. The lowest BCUT2D eigenvalue weighted by Gasteiger charge is -2.22. The van der Waals surface area contributed by atoms with E-state index in [9.17, 15) is 14.4 Å². The molecule has 1 aliphatic rings. The van der Waals surface area contributed by atoms with Gasteiger partial charge in [0.1, 0.15) is 15.8 Å². The van der Waals surface area contributed by atoms with Crippen molar-refractivity contribution in [3.8, 4) is 0 Å². The van der Waals surface area contributed by atoms with Crippen LogP contribution in [0.15, 0.2) is 9.93 Å². The van der Waals surface area contributed by atoms with Crippen molar-refractivity contribution in [1.82, 2.24) is 10.2 Å². The van der Waals surface area contributed by atoms with Crippen molar-refractivity contribution < 1.29 is 19.5 Å². The molecule has 0 aromatic rings. The van der Waals surface area contributed by atoms with Crippen molar-refractivity contribution in [2.45, 2.75) is 25.5 Å². The topological polar surface area (TPSA) is 86.7 Å². The van der Waals surface area contributed by atoms with E-state index in [1.165, 1.54) is 11.8 Å². The van der Waals surface area contributed by atoms with E-state index in [1.54, 1.807) is 0 Å². The summed E-state index contributed by atoms with van der Waals surface area (Å²) in [7, 11) is 0. The van der Waals surface area contributed by atoms with E-state index in [-0.39, 0.29) is 10.2 Å². The molecule has 0 aliphatic carbocycles. The molecule has 1 unspecified atom stereocenters. The molecule has 9 heteroatoms. The Balaban J connectivity index is 3.16. The third-order valence-electron chi connectivity index (χ3n) is 2.39. The summed E-state index contributed by atoms with van der Waals surface area (Å²) in [5.74, 6) is -1.55. The first kappa shape index (κ1) is 17.0. The minimum atomic E-state index is -1.15. The maximum Gasteiger partial charge on any atom is 0.323 e. The highest BCUT2D eigenvalue weighted by Crippen LogP contribution is 2.36. The van der Waals surface area contributed by atoms with Gasteiger partial charge in [0.2, 0.25) is 6.41 Å². The smallest absolute Gasteiger partial charge is 0.323 e. The van der Waals surface area contributed by atoms with Crippen molar-refractivity contribution in [2.24, 2.45) is 0 Å². The number of nitrogens with zero attached hydrogens (tertiary/aromatic N) is 1. The molecule has 1 heterocycles. The van der Waals surface area contributed by atoms with Gasteiger partial charge in [-0.3, -0.25) is 19.3 Å². The van der Waals surface area contributed by atoms with Crippen molar-refractivity contribution in [2.75, 3.05) is 6.54 Å². The van der Waals surface area contributed by atoms with E-state index < -0.39 is 18.4 Å². The molecule has 1 saturated heterocycles. The first-order chi connectivity index (χ1) is 9.38. The number of carboxylic acid groups (broad SMARTS) is 1. The number of nitrogens with one attached hydrogen (secondary N) is 1. The summed E-state index contributed by atoms with van der Waals surface area (Å²) in [5.41, 5.74) is 0. The fourth-order valence-electron chi connectivity index (χ4n) is 1.28. The number of carbonyl (C=O) groups excluding carboxylic acids is 2. The van der Waals surface area contributed by atoms with E-state index in [4.69, 9.17) is 17.3 Å². The zero-order chi connectivity index (χ0) is 15.3. The lowest BCUT2D eigenvalue weighted by atomic mass is 10.4. The molecular formula is C11H14N2O4S3. The second-order valence-electron chi connectivity index (χ2n) is 3.94. The second-order valence-corrected chi connectivity index (χ2v) is 7.06. The molecule has 0 spiro atoms. The highest BCUT2D eigenvalue weighted by atomic mass is 32.2. The number of aliphatic carboxylic acids is 1. The fourth-order valence-corrected chi connectivity index (χ4v) is 3.56. The number of carboxylic acids is 1. The van der Waals surface area contributed by atoms with Crippen LogP contribution in [-0.4, -0.2) is 44.4 Å². The first-order valence-corrected chi connectivity index (χ1v) is 7.87. The van der Waals surface area contributed by atoms with Crippen molar-refractivity contribution in [3.05, 3.63) is 9.93 Å². The van der Waals surface area contributed by atoms with Crippen LogP contribution < -0.4 is 5.32 Å². The van der Waals surface area contributed by atoms with Crippen molar-refractivity contribution in [3.63, 3.8) is 0 Å². The molecule has 0 radical (unpaired) electrons. The van der Waals surface area contributed by atoms with E-state index >= 15 is 0 Å². The highest BCUT2D eigenvalue weighted by molar-refractivity contribution is 8.27. The Kier molecular flexibility index (Phi) is 6.50. The van der Waals surface area contributed by atoms with E-state index in [0.29, 0.717) is 15.8 Å². The van der Waals surface area contributed by atoms with Gasteiger partial charge in [-0.2, -0.15) is 0 Å². The zero-order valence-electron chi connectivity index (χ0n) is 10.9. The predicted molar refractivity (Wildman–Crippen MR) is 83.1 cm³/mol. The molecule has 1 fully saturated rings. The summed E-state index contributed by atoms with van der Waals surface area (Å²) in [6, 6.07) is 0. The Morgan fingerprint density at radius 1 is 1.65 bits per heavy atom. The minimum absolute atomic E-state index is 0.135. The van der Waals surface area contributed by atoms with Gasteiger partial charge >= 0.3 is 5.97 Å². The molecule has 1 aliphatic heterocycles. The largest absolute Gasteiger partial charge is 0.480 e. The molecule has 0 aromatic heterocycles. The van der Waals surface area contributed by atoms with Gasteiger partial charge in [0.05, 0.1) is 5.03 Å². The lowest BCUT2D eigenvalue weighted by Crippen LogP contribution is -2.29. The molecule has 1 atom stereocenters. The van der Waals surface area contributed by atoms with Gasteiger partial charge in [-0.25, -0.2) is 0 Å². The summed E-state index contributed by atoms with van der Waals surface area (Å²) < 4.78 is 0.299. The molecule has 0 bridgehead atoms. The average molecular weight is 334 g/mol. The molecule has 2 amide bonds. The van der Waals surface area contributed by atoms with E-state index in [0.717, 1.165) is 23.1 Å². The molecule has 0 aromatic carbocycles. The quantitative estimate of drug-likeness (QED) is 0.413. The predicted octanol–water partition coefficient (Wildman–Crippen LogP) is 1.38. The normalized spacial score (nSPS) is 18.5. The maximum atomic E-state index is 11.8. The third-order valence-corrected chi connectivity index (χ3v) is 5.14. The third kappa shape index (κ3) is 4.50. The molecule has 1 rings (SSSR count). The monoisotopic (exact) mass is 334 g/mol. The molecule has 110 valence electrons. The SMILES string of the molecule is CCC(C)S/C(=C1/SC(=S)NC1=O)N(C=O)CC(=O)O. The minimum Gasteiger partial charge on any atom is -0.480 e. The van der Waals surface area contributed by atoms with Crippen LogP contribution in [0.1, 0.15) is 20.3 Å². The van der Waals surface area contributed by atoms with Gasteiger partial charge in [0, 0.05) is 5.25 Å². The van der Waals surface area contributed by atoms with Crippen molar-refractivity contribution >= 4 is 58.3 Å². The van der Waals surface area contributed by atoms with Crippen LogP contribution in [0.2, 0.25) is 0 Å². The van der Waals surface area contributed by atoms with Crippen molar-refractivity contribution in [1.29, 1.82) is 0 Å².